The maximum atomic E-state index is 13.2. The van der Waals surface area contributed by atoms with Gasteiger partial charge in [0.15, 0.2) is 0 Å². The predicted molar refractivity (Wildman–Crippen MR) is 70.3 cm³/mol. The zero-order valence-corrected chi connectivity index (χ0v) is 11.9. The molecule has 1 fully saturated rings. The van der Waals surface area contributed by atoms with Gasteiger partial charge in [0.2, 0.25) is 0 Å². The van der Waals surface area contributed by atoms with Gasteiger partial charge in [-0.05, 0) is 36.5 Å². The van der Waals surface area contributed by atoms with E-state index in [9.17, 15) is 22.4 Å². The number of carbonyl (C=O) groups excluding carboxylic acids is 1. The molecule has 1 aromatic rings. The molecule has 0 aliphatic heterocycles. The van der Waals surface area contributed by atoms with E-state index in [1.165, 1.54) is 0 Å². The first kappa shape index (κ1) is 15.8. The zero-order chi connectivity index (χ0) is 15.8. The maximum absolute atomic E-state index is 13.2. The molecule has 1 aliphatic rings. The molecule has 1 saturated carbocycles. The lowest BCUT2D eigenvalue weighted by Gasteiger charge is -2.27. The van der Waals surface area contributed by atoms with E-state index in [0.29, 0.717) is 12.1 Å². The van der Waals surface area contributed by atoms with Gasteiger partial charge in [0.25, 0.3) is 5.91 Å². The summed E-state index contributed by atoms with van der Waals surface area (Å²) < 4.78 is 51.2. The first-order valence-corrected chi connectivity index (χ1v) is 6.79. The number of amides is 1. The van der Waals surface area contributed by atoms with E-state index in [4.69, 9.17) is 0 Å². The Labute approximate surface area is 120 Å². The van der Waals surface area contributed by atoms with Crippen LogP contribution in [0.15, 0.2) is 18.2 Å². The minimum Gasteiger partial charge on any atom is -0.349 e. The Morgan fingerprint density at radius 2 is 2.00 bits per heavy atom. The maximum Gasteiger partial charge on any atom is 0.419 e. The summed E-state index contributed by atoms with van der Waals surface area (Å²) in [4.78, 5) is 12.1. The molecule has 1 atom stereocenters. The summed E-state index contributed by atoms with van der Waals surface area (Å²) in [5, 5.41) is 2.75. The third kappa shape index (κ3) is 3.36. The number of benzene rings is 1. The average molecular weight is 303 g/mol. The van der Waals surface area contributed by atoms with Gasteiger partial charge in [-0.25, -0.2) is 4.39 Å². The first-order valence-electron chi connectivity index (χ1n) is 6.79. The van der Waals surface area contributed by atoms with Gasteiger partial charge in [-0.1, -0.05) is 20.3 Å². The van der Waals surface area contributed by atoms with Crippen molar-refractivity contribution in [3.05, 3.63) is 35.1 Å². The van der Waals surface area contributed by atoms with Crippen LogP contribution in [0, 0.1) is 11.2 Å². The molecule has 0 spiro atoms. The van der Waals surface area contributed by atoms with Crippen LogP contribution in [0.2, 0.25) is 0 Å². The lowest BCUT2D eigenvalue weighted by molar-refractivity contribution is -0.140. The van der Waals surface area contributed by atoms with Crippen molar-refractivity contribution in [3.8, 4) is 0 Å². The van der Waals surface area contributed by atoms with Crippen molar-refractivity contribution < 1.29 is 22.4 Å². The van der Waals surface area contributed by atoms with E-state index in [1.54, 1.807) is 0 Å². The monoisotopic (exact) mass is 303 g/mol. The Morgan fingerprint density at radius 1 is 1.33 bits per heavy atom. The highest BCUT2D eigenvalue weighted by Crippen LogP contribution is 2.37. The fourth-order valence-electron chi connectivity index (χ4n) is 2.72. The van der Waals surface area contributed by atoms with Crippen LogP contribution in [0.1, 0.15) is 49.0 Å². The Balaban J connectivity index is 2.21. The smallest absolute Gasteiger partial charge is 0.349 e. The van der Waals surface area contributed by atoms with Crippen LogP contribution in [0.4, 0.5) is 17.6 Å². The molecule has 2 nitrogen and oxygen atoms in total. The molecule has 116 valence electrons. The quantitative estimate of drug-likeness (QED) is 0.817. The lowest BCUT2D eigenvalue weighted by Crippen LogP contribution is -2.41. The normalized spacial score (nSPS) is 21.3. The molecule has 0 saturated heterocycles. The number of carbonyl (C=O) groups is 1. The number of hydrogen-bond donors (Lipinski definition) is 1. The number of nitrogens with one attached hydrogen (secondary N) is 1. The van der Waals surface area contributed by atoms with E-state index in [-0.39, 0.29) is 17.0 Å². The average Bonchev–Trinajstić information content (AvgIpc) is 2.67. The van der Waals surface area contributed by atoms with Crippen molar-refractivity contribution >= 4 is 5.91 Å². The Bertz CT molecular complexity index is 551. The van der Waals surface area contributed by atoms with Crippen molar-refractivity contribution in [1.82, 2.24) is 5.32 Å². The first-order chi connectivity index (χ1) is 9.61. The van der Waals surface area contributed by atoms with Crippen LogP contribution >= 0.6 is 0 Å². The van der Waals surface area contributed by atoms with Crippen molar-refractivity contribution in [2.75, 3.05) is 0 Å². The SMILES string of the molecule is CC1(C)CCCC1NC(=O)c1ccc(F)c(C(F)(F)F)c1. The Hall–Kier alpha value is -1.59. The number of hydrogen-bond acceptors (Lipinski definition) is 1. The topological polar surface area (TPSA) is 29.1 Å². The van der Waals surface area contributed by atoms with E-state index >= 15 is 0 Å². The van der Waals surface area contributed by atoms with Gasteiger partial charge in [0.1, 0.15) is 5.82 Å². The summed E-state index contributed by atoms with van der Waals surface area (Å²) in [6, 6.07) is 2.23. The van der Waals surface area contributed by atoms with Crippen molar-refractivity contribution in [2.24, 2.45) is 5.41 Å². The summed E-state index contributed by atoms with van der Waals surface area (Å²) >= 11 is 0. The molecule has 6 heteroatoms. The standard InChI is InChI=1S/C15H17F4NO/c1-14(2)7-3-4-12(14)20-13(21)9-5-6-11(16)10(8-9)15(17,18)19/h5-6,8,12H,3-4,7H2,1-2H3,(H,20,21). The summed E-state index contributed by atoms with van der Waals surface area (Å²) in [5.41, 5.74) is -1.67. The van der Waals surface area contributed by atoms with Gasteiger partial charge in [0, 0.05) is 11.6 Å². The van der Waals surface area contributed by atoms with Crippen LogP contribution in [0.25, 0.3) is 0 Å². The highest BCUT2D eigenvalue weighted by atomic mass is 19.4. The van der Waals surface area contributed by atoms with Crippen LogP contribution in [0.3, 0.4) is 0 Å². The molecule has 1 aromatic carbocycles. The molecule has 1 N–H and O–H groups in total. The molecule has 1 aliphatic carbocycles. The van der Waals surface area contributed by atoms with Gasteiger partial charge in [-0.3, -0.25) is 4.79 Å². The highest BCUT2D eigenvalue weighted by molar-refractivity contribution is 5.94. The summed E-state index contributed by atoms with van der Waals surface area (Å²) in [7, 11) is 0. The molecule has 2 rings (SSSR count). The van der Waals surface area contributed by atoms with Crippen LogP contribution < -0.4 is 5.32 Å². The number of halogens is 4. The summed E-state index contributed by atoms with van der Waals surface area (Å²) in [6.07, 6.45) is -2.09. The van der Waals surface area contributed by atoms with E-state index in [2.05, 4.69) is 5.32 Å². The molecule has 1 amide bonds. The Kier molecular flexibility index (Phi) is 4.00. The van der Waals surface area contributed by atoms with E-state index in [1.807, 2.05) is 13.8 Å². The minimum atomic E-state index is -4.81. The molecular formula is C15H17F4NO. The van der Waals surface area contributed by atoms with Gasteiger partial charge in [-0.15, -0.1) is 0 Å². The van der Waals surface area contributed by atoms with Crippen molar-refractivity contribution in [1.29, 1.82) is 0 Å². The summed E-state index contributed by atoms with van der Waals surface area (Å²) in [5.74, 6) is -1.97. The third-order valence-electron chi connectivity index (χ3n) is 4.10. The van der Waals surface area contributed by atoms with E-state index in [0.717, 1.165) is 25.3 Å². The largest absolute Gasteiger partial charge is 0.419 e. The number of alkyl halides is 3. The van der Waals surface area contributed by atoms with Crippen LogP contribution in [-0.4, -0.2) is 11.9 Å². The molecule has 0 aromatic heterocycles. The molecule has 0 radical (unpaired) electrons. The second kappa shape index (κ2) is 5.31. The molecule has 1 unspecified atom stereocenters. The lowest BCUT2D eigenvalue weighted by atomic mass is 9.87. The fraction of sp³-hybridized carbons (Fsp3) is 0.533. The zero-order valence-electron chi connectivity index (χ0n) is 11.9. The second-order valence-electron chi connectivity index (χ2n) is 6.10. The van der Waals surface area contributed by atoms with Gasteiger partial charge in [0.05, 0.1) is 5.56 Å². The molecular weight excluding hydrogens is 286 g/mol. The Morgan fingerprint density at radius 3 is 2.52 bits per heavy atom. The van der Waals surface area contributed by atoms with Gasteiger partial charge >= 0.3 is 6.18 Å². The highest BCUT2D eigenvalue weighted by Gasteiger charge is 2.37. The predicted octanol–water partition coefficient (Wildman–Crippen LogP) is 4.15. The van der Waals surface area contributed by atoms with Crippen molar-refractivity contribution in [2.45, 2.75) is 45.3 Å². The van der Waals surface area contributed by atoms with Crippen LogP contribution in [-0.2, 0) is 6.18 Å². The minimum absolute atomic E-state index is 0.0793. The van der Waals surface area contributed by atoms with Gasteiger partial charge < -0.3 is 5.32 Å². The number of rotatable bonds is 2. The van der Waals surface area contributed by atoms with Crippen molar-refractivity contribution in [3.63, 3.8) is 0 Å². The molecule has 0 bridgehead atoms. The molecule has 0 heterocycles. The van der Waals surface area contributed by atoms with Gasteiger partial charge in [-0.2, -0.15) is 13.2 Å². The second-order valence-corrected chi connectivity index (χ2v) is 6.10. The summed E-state index contributed by atoms with van der Waals surface area (Å²) in [6.45, 7) is 4.02. The molecule has 21 heavy (non-hydrogen) atoms. The van der Waals surface area contributed by atoms with Crippen LogP contribution in [0.5, 0.6) is 0 Å². The van der Waals surface area contributed by atoms with E-state index < -0.39 is 23.5 Å². The fourth-order valence-corrected chi connectivity index (χ4v) is 2.72. The third-order valence-corrected chi connectivity index (χ3v) is 4.10.